The molecule has 9 nitrogen and oxygen atoms in total. The number of H-pyrrole nitrogens is 3. The van der Waals surface area contributed by atoms with E-state index in [1.54, 1.807) is 18.2 Å². The highest BCUT2D eigenvalue weighted by Crippen LogP contribution is 2.26. The van der Waals surface area contributed by atoms with Gasteiger partial charge in [-0.1, -0.05) is 58.0 Å². The number of hydrogen-bond acceptors (Lipinski definition) is 6. The van der Waals surface area contributed by atoms with Gasteiger partial charge in [0, 0.05) is 65.2 Å². The van der Waals surface area contributed by atoms with Gasteiger partial charge in [-0.15, -0.1) is 0 Å². The van der Waals surface area contributed by atoms with Crippen molar-refractivity contribution in [3.63, 3.8) is 0 Å². The lowest BCUT2D eigenvalue weighted by Gasteiger charge is -2.11. The largest absolute Gasteiger partial charge is 0.396 e. The molecule has 0 spiro atoms. The molecule has 3 heterocycles. The third-order valence-electron chi connectivity index (χ3n) is 8.75. The fourth-order valence-electron chi connectivity index (χ4n) is 6.42. The van der Waals surface area contributed by atoms with Gasteiger partial charge < -0.3 is 30.3 Å². The summed E-state index contributed by atoms with van der Waals surface area (Å²) in [5.74, 6) is 0.812. The molecule has 0 amide bonds. The smallest absolute Gasteiger partial charge is 0.248 e. The number of nitrogens with one attached hydrogen (secondary N) is 3. The van der Waals surface area contributed by atoms with E-state index in [1.165, 1.54) is 5.56 Å². The fourth-order valence-corrected chi connectivity index (χ4v) is 6.42. The molecule has 0 saturated heterocycles. The molecular weight excluding hydrogens is 630 g/mol. The standard InChI is InChI=1S/2C14H17NO2.C13H15NO2/c1-9(2)10-3-4-13-12(7-10)11(5-6-16)8-14(17)15-13;1-9(2)11-4-3-5-12-10(6-7-16)8-13(17)15-14(11)12;1-8-5-9(2)13-10(3-4-15)7-12(16)14-11(13)6-8/h3-4,7-9,16H,5-6H2,1-2H3,(H,15,17);3-5,8-9,16H,6-7H2,1-2H3,(H,15,17);5-7,15H,3-4H2,1-2H3,(H,14,16). The number of pyridine rings is 3. The number of fused-ring (bicyclic) bond motifs is 3. The van der Waals surface area contributed by atoms with Crippen LogP contribution in [0.25, 0.3) is 32.7 Å². The van der Waals surface area contributed by atoms with Gasteiger partial charge in [0.25, 0.3) is 0 Å². The third-order valence-corrected chi connectivity index (χ3v) is 8.75. The second-order valence-corrected chi connectivity index (χ2v) is 13.3. The van der Waals surface area contributed by atoms with Gasteiger partial charge in [-0.3, -0.25) is 14.4 Å². The van der Waals surface area contributed by atoms with Crippen molar-refractivity contribution in [3.05, 3.63) is 137 Å². The monoisotopic (exact) mass is 679 g/mol. The lowest BCUT2D eigenvalue weighted by atomic mass is 9.97. The number of aromatic nitrogens is 3. The average Bonchev–Trinajstić information content (AvgIpc) is 3.04. The highest BCUT2D eigenvalue weighted by molar-refractivity contribution is 5.86. The quantitative estimate of drug-likeness (QED) is 0.115. The van der Waals surface area contributed by atoms with Crippen molar-refractivity contribution >= 4 is 32.7 Å². The average molecular weight is 680 g/mol. The lowest BCUT2D eigenvalue weighted by molar-refractivity contribution is 0.299. The first kappa shape index (κ1) is 38.0. The number of aliphatic hydroxyl groups excluding tert-OH is 3. The van der Waals surface area contributed by atoms with Crippen molar-refractivity contribution in [3.8, 4) is 0 Å². The SMILES string of the molecule is CC(C)c1ccc2[nH]c(=O)cc(CCO)c2c1.CC(C)c1cccc2c(CCO)cc(=O)[nH]c12.Cc1cc(C)c2c(CCO)cc(=O)[nH]c2c1. The molecular formula is C41H49N3O6. The van der Waals surface area contributed by atoms with Crippen molar-refractivity contribution in [1.82, 2.24) is 15.0 Å². The van der Waals surface area contributed by atoms with E-state index in [9.17, 15) is 14.4 Å². The van der Waals surface area contributed by atoms with E-state index in [1.807, 2.05) is 50.2 Å². The number of para-hydroxylation sites is 1. The van der Waals surface area contributed by atoms with Crippen LogP contribution in [0.15, 0.2) is 81.1 Å². The minimum absolute atomic E-state index is 0.0600. The first-order valence-corrected chi connectivity index (χ1v) is 17.1. The van der Waals surface area contributed by atoms with Crippen LogP contribution in [0.5, 0.6) is 0 Å². The Kier molecular flexibility index (Phi) is 13.1. The van der Waals surface area contributed by atoms with Gasteiger partial charge in [0.15, 0.2) is 0 Å². The molecule has 0 aliphatic carbocycles. The van der Waals surface area contributed by atoms with Crippen LogP contribution in [-0.4, -0.2) is 50.1 Å². The van der Waals surface area contributed by atoms with Crippen molar-refractivity contribution < 1.29 is 15.3 Å². The summed E-state index contributed by atoms with van der Waals surface area (Å²) in [6.45, 7) is 12.7. The number of aryl methyl sites for hydroxylation is 2. The number of aromatic amines is 3. The van der Waals surface area contributed by atoms with Crippen molar-refractivity contribution in [2.24, 2.45) is 0 Å². The van der Waals surface area contributed by atoms with Gasteiger partial charge in [-0.25, -0.2) is 0 Å². The van der Waals surface area contributed by atoms with E-state index in [4.69, 9.17) is 15.3 Å². The Hall–Kier alpha value is -4.83. The molecule has 6 aromatic rings. The second-order valence-electron chi connectivity index (χ2n) is 13.3. The Morgan fingerprint density at radius 1 is 0.580 bits per heavy atom. The predicted molar refractivity (Wildman–Crippen MR) is 204 cm³/mol. The van der Waals surface area contributed by atoms with Gasteiger partial charge in [-0.05, 0) is 102 Å². The summed E-state index contributed by atoms with van der Waals surface area (Å²) >= 11 is 0. The Morgan fingerprint density at radius 2 is 1.14 bits per heavy atom. The molecule has 0 radical (unpaired) electrons. The summed E-state index contributed by atoms with van der Waals surface area (Å²) in [7, 11) is 0. The summed E-state index contributed by atoms with van der Waals surface area (Å²) in [5.41, 5.74) is 9.64. The zero-order valence-electron chi connectivity index (χ0n) is 29.8. The summed E-state index contributed by atoms with van der Waals surface area (Å²) in [6.07, 6.45) is 1.55. The molecule has 9 heteroatoms. The molecule has 6 rings (SSSR count). The highest BCUT2D eigenvalue weighted by atomic mass is 16.3. The summed E-state index contributed by atoms with van der Waals surface area (Å²) in [6, 6.07) is 20.8. The summed E-state index contributed by atoms with van der Waals surface area (Å²) in [5, 5.41) is 30.2. The molecule has 0 bridgehead atoms. The number of aliphatic hydroxyl groups is 3. The van der Waals surface area contributed by atoms with E-state index in [2.05, 4.69) is 54.8 Å². The number of hydrogen-bond donors (Lipinski definition) is 6. The molecule has 50 heavy (non-hydrogen) atoms. The topological polar surface area (TPSA) is 159 Å². The summed E-state index contributed by atoms with van der Waals surface area (Å²) in [4.78, 5) is 43.1. The summed E-state index contributed by atoms with van der Waals surface area (Å²) < 4.78 is 0. The maximum Gasteiger partial charge on any atom is 0.248 e. The Morgan fingerprint density at radius 3 is 1.74 bits per heavy atom. The Bertz CT molecular complexity index is 2250. The fraction of sp³-hybridized carbons (Fsp3) is 0.341. The molecule has 264 valence electrons. The Labute approximate surface area is 291 Å². The van der Waals surface area contributed by atoms with Gasteiger partial charge in [0.2, 0.25) is 16.7 Å². The molecule has 0 aliphatic heterocycles. The van der Waals surface area contributed by atoms with E-state index in [0.29, 0.717) is 31.1 Å². The zero-order valence-corrected chi connectivity index (χ0v) is 29.8. The molecule has 0 fully saturated rings. The first-order chi connectivity index (χ1) is 23.9. The minimum Gasteiger partial charge on any atom is -0.396 e. The number of rotatable bonds is 8. The second kappa shape index (κ2) is 17.2. The van der Waals surface area contributed by atoms with Crippen LogP contribution < -0.4 is 16.7 Å². The molecule has 6 N–H and O–H groups in total. The first-order valence-electron chi connectivity index (χ1n) is 17.1. The van der Waals surface area contributed by atoms with Gasteiger partial charge in [0.05, 0.1) is 5.52 Å². The molecule has 3 aromatic heterocycles. The van der Waals surface area contributed by atoms with Gasteiger partial charge in [-0.2, -0.15) is 0 Å². The van der Waals surface area contributed by atoms with Crippen molar-refractivity contribution in [2.45, 2.75) is 72.6 Å². The van der Waals surface area contributed by atoms with E-state index in [-0.39, 0.29) is 36.5 Å². The molecule has 0 atom stereocenters. The maximum atomic E-state index is 11.6. The van der Waals surface area contributed by atoms with E-state index >= 15 is 0 Å². The third kappa shape index (κ3) is 9.24. The van der Waals surface area contributed by atoms with Crippen LogP contribution in [0, 0.1) is 13.8 Å². The maximum absolute atomic E-state index is 11.6. The highest BCUT2D eigenvalue weighted by Gasteiger charge is 2.10. The molecule has 0 aliphatic rings. The van der Waals surface area contributed by atoms with Crippen LogP contribution in [0.2, 0.25) is 0 Å². The van der Waals surface area contributed by atoms with Crippen LogP contribution in [-0.2, 0) is 19.3 Å². The van der Waals surface area contributed by atoms with Crippen molar-refractivity contribution in [2.75, 3.05) is 19.8 Å². The molecule has 0 unspecified atom stereocenters. The van der Waals surface area contributed by atoms with E-state index in [0.717, 1.165) is 66.1 Å². The molecule has 0 saturated carbocycles. The molecule has 3 aromatic carbocycles. The predicted octanol–water partition coefficient (Wildman–Crippen LogP) is 6.05. The lowest BCUT2D eigenvalue weighted by Crippen LogP contribution is -2.09. The van der Waals surface area contributed by atoms with Crippen LogP contribution in [0.4, 0.5) is 0 Å². The van der Waals surface area contributed by atoms with Crippen molar-refractivity contribution in [1.29, 1.82) is 0 Å². The van der Waals surface area contributed by atoms with Crippen LogP contribution in [0.3, 0.4) is 0 Å². The zero-order chi connectivity index (χ0) is 36.5. The normalized spacial score (nSPS) is 11.2. The van der Waals surface area contributed by atoms with Gasteiger partial charge >= 0.3 is 0 Å². The van der Waals surface area contributed by atoms with Crippen LogP contribution in [0.1, 0.15) is 78.5 Å². The van der Waals surface area contributed by atoms with Crippen LogP contribution >= 0.6 is 0 Å². The van der Waals surface area contributed by atoms with Gasteiger partial charge in [0.1, 0.15) is 0 Å². The number of benzene rings is 3. The minimum atomic E-state index is -0.113. The Balaban J connectivity index is 0.000000169. The van der Waals surface area contributed by atoms with E-state index < -0.39 is 0 Å².